The molecule has 1 unspecified atom stereocenters. The highest BCUT2D eigenvalue weighted by molar-refractivity contribution is 5.35. The molecular formula is C25H39NO3. The predicted molar refractivity (Wildman–Crippen MR) is 115 cm³/mol. The molecule has 3 aliphatic carbocycles. The number of ether oxygens (including phenoxy) is 3. The molecule has 2 saturated carbocycles. The molecular weight excluding hydrogens is 362 g/mol. The minimum Gasteiger partial charge on any atom is -0.374 e. The number of allylic oxidation sites excluding steroid dienone is 1. The van der Waals surface area contributed by atoms with E-state index in [2.05, 4.69) is 53.6 Å². The Hall–Kier alpha value is -0.680. The summed E-state index contributed by atoms with van der Waals surface area (Å²) in [5.74, 6) is 0.497. The summed E-state index contributed by atoms with van der Waals surface area (Å²) in [6.07, 6.45) is 7.77. The minimum atomic E-state index is -0.314. The van der Waals surface area contributed by atoms with E-state index < -0.39 is 0 Å². The molecule has 0 amide bonds. The second kappa shape index (κ2) is 6.18. The van der Waals surface area contributed by atoms with Gasteiger partial charge in [0, 0.05) is 5.41 Å². The van der Waals surface area contributed by atoms with E-state index in [0.717, 1.165) is 25.9 Å². The fraction of sp³-hybridized carbons (Fsp3) is 0.840. The van der Waals surface area contributed by atoms with Crippen LogP contribution in [0.3, 0.4) is 0 Å². The van der Waals surface area contributed by atoms with Gasteiger partial charge in [-0.1, -0.05) is 39.8 Å². The number of rotatable bonds is 2. The van der Waals surface area contributed by atoms with Crippen LogP contribution in [0.4, 0.5) is 0 Å². The molecule has 2 heterocycles. The fourth-order valence-corrected chi connectivity index (χ4v) is 7.89. The van der Waals surface area contributed by atoms with Crippen molar-refractivity contribution in [2.45, 2.75) is 96.9 Å². The van der Waals surface area contributed by atoms with E-state index in [1.807, 2.05) is 6.08 Å². The first-order valence-electron chi connectivity index (χ1n) is 11.6. The standard InChI is InChI=1S/C25H39NO3/c1-8-18-28-20-19-15(2)9-11-23(5,22(19,3)4)13-16-24(6,21(20)29-18)12-10-17-25(16,26-7)14-27-17/h8,16-18,20-21,26H,1,9-14H2,2-7H3/t16?,17-,18-,20-,21-,23+,24-,25-/m1/s1. The van der Waals surface area contributed by atoms with Crippen LogP contribution >= 0.6 is 0 Å². The van der Waals surface area contributed by atoms with Crippen molar-refractivity contribution in [2.75, 3.05) is 13.7 Å². The zero-order valence-corrected chi connectivity index (χ0v) is 19.1. The predicted octanol–water partition coefficient (Wildman–Crippen LogP) is 4.60. The van der Waals surface area contributed by atoms with Gasteiger partial charge in [0.25, 0.3) is 0 Å². The SMILES string of the molecule is C=C[C@@H]1O[C@@H]2C3=C(C)CC[C@@](C)(CC4[C@@](C)(CC[C@H]5OC[C@@]45NC)[C@@H]2O1)C3(C)C. The van der Waals surface area contributed by atoms with Gasteiger partial charge >= 0.3 is 0 Å². The number of nitrogens with one attached hydrogen (secondary N) is 1. The van der Waals surface area contributed by atoms with E-state index in [1.165, 1.54) is 24.0 Å². The molecule has 4 fully saturated rings. The molecule has 2 bridgehead atoms. The molecule has 8 atom stereocenters. The molecule has 0 aromatic rings. The molecule has 5 rings (SSSR count). The van der Waals surface area contributed by atoms with Gasteiger partial charge in [0.1, 0.15) is 6.10 Å². The smallest absolute Gasteiger partial charge is 0.177 e. The van der Waals surface area contributed by atoms with Crippen LogP contribution in [-0.4, -0.2) is 43.8 Å². The van der Waals surface area contributed by atoms with E-state index in [1.54, 1.807) is 0 Å². The van der Waals surface area contributed by atoms with Crippen molar-refractivity contribution >= 4 is 0 Å². The topological polar surface area (TPSA) is 39.7 Å². The van der Waals surface area contributed by atoms with E-state index >= 15 is 0 Å². The van der Waals surface area contributed by atoms with Crippen molar-refractivity contribution in [3.8, 4) is 0 Å². The van der Waals surface area contributed by atoms with Gasteiger partial charge in [0.2, 0.25) is 0 Å². The molecule has 0 radical (unpaired) electrons. The Morgan fingerprint density at radius 1 is 1.14 bits per heavy atom. The van der Waals surface area contributed by atoms with Gasteiger partial charge in [-0.3, -0.25) is 0 Å². The van der Waals surface area contributed by atoms with Crippen molar-refractivity contribution in [3.05, 3.63) is 23.8 Å². The lowest BCUT2D eigenvalue weighted by molar-refractivity contribution is -0.248. The zero-order valence-electron chi connectivity index (χ0n) is 19.1. The molecule has 4 nitrogen and oxygen atoms in total. The average molecular weight is 402 g/mol. The maximum absolute atomic E-state index is 6.64. The molecule has 2 saturated heterocycles. The summed E-state index contributed by atoms with van der Waals surface area (Å²) in [6, 6.07) is 0. The second-order valence-corrected chi connectivity index (χ2v) is 11.5. The van der Waals surface area contributed by atoms with Crippen LogP contribution in [0.15, 0.2) is 23.8 Å². The van der Waals surface area contributed by atoms with Gasteiger partial charge in [0.05, 0.1) is 24.4 Å². The highest BCUT2D eigenvalue weighted by Gasteiger charge is 2.69. The fourth-order valence-electron chi connectivity index (χ4n) is 7.89. The van der Waals surface area contributed by atoms with Crippen LogP contribution in [0.1, 0.15) is 66.7 Å². The first-order valence-corrected chi connectivity index (χ1v) is 11.6. The lowest BCUT2D eigenvalue weighted by atomic mass is 9.43. The Kier molecular flexibility index (Phi) is 4.32. The molecule has 0 aromatic carbocycles. The maximum atomic E-state index is 6.64. The van der Waals surface area contributed by atoms with Crippen LogP contribution in [0, 0.1) is 22.2 Å². The lowest BCUT2D eigenvalue weighted by Gasteiger charge is -2.67. The zero-order chi connectivity index (χ0) is 20.8. The van der Waals surface area contributed by atoms with E-state index in [-0.39, 0.29) is 40.3 Å². The van der Waals surface area contributed by atoms with Gasteiger partial charge in [-0.15, -0.1) is 0 Å². The van der Waals surface area contributed by atoms with Gasteiger partial charge in [-0.2, -0.15) is 0 Å². The van der Waals surface area contributed by atoms with Crippen LogP contribution < -0.4 is 5.32 Å². The van der Waals surface area contributed by atoms with Gasteiger partial charge < -0.3 is 19.5 Å². The van der Waals surface area contributed by atoms with Crippen molar-refractivity contribution in [1.29, 1.82) is 0 Å². The summed E-state index contributed by atoms with van der Waals surface area (Å²) in [5.41, 5.74) is 3.43. The molecule has 1 N–H and O–H groups in total. The summed E-state index contributed by atoms with van der Waals surface area (Å²) < 4.78 is 19.3. The third-order valence-corrected chi connectivity index (χ3v) is 10.2. The summed E-state index contributed by atoms with van der Waals surface area (Å²) in [4.78, 5) is 0. The largest absolute Gasteiger partial charge is 0.374 e. The summed E-state index contributed by atoms with van der Waals surface area (Å²) in [5, 5.41) is 3.77. The van der Waals surface area contributed by atoms with Crippen LogP contribution in [0.2, 0.25) is 0 Å². The Balaban J connectivity index is 1.72. The van der Waals surface area contributed by atoms with Crippen molar-refractivity contribution in [3.63, 3.8) is 0 Å². The highest BCUT2D eigenvalue weighted by Crippen LogP contribution is 2.67. The van der Waals surface area contributed by atoms with Crippen molar-refractivity contribution in [2.24, 2.45) is 22.2 Å². The molecule has 162 valence electrons. The van der Waals surface area contributed by atoms with Crippen molar-refractivity contribution < 1.29 is 14.2 Å². The Morgan fingerprint density at radius 2 is 1.90 bits per heavy atom. The van der Waals surface area contributed by atoms with E-state index in [4.69, 9.17) is 14.2 Å². The number of hydrogen-bond acceptors (Lipinski definition) is 4. The highest BCUT2D eigenvalue weighted by atomic mass is 16.7. The first kappa shape index (κ1) is 20.2. The van der Waals surface area contributed by atoms with Gasteiger partial charge in [-0.25, -0.2) is 0 Å². The Morgan fingerprint density at radius 3 is 2.52 bits per heavy atom. The van der Waals surface area contributed by atoms with Crippen molar-refractivity contribution in [1.82, 2.24) is 5.32 Å². The molecule has 0 aromatic heterocycles. The van der Waals surface area contributed by atoms with Crippen LogP contribution in [0.5, 0.6) is 0 Å². The van der Waals surface area contributed by atoms with Gasteiger partial charge in [-0.05, 0) is 74.5 Å². The Bertz CT molecular complexity index is 755. The molecule has 4 heteroatoms. The quantitative estimate of drug-likeness (QED) is 0.687. The maximum Gasteiger partial charge on any atom is 0.177 e. The number of likely N-dealkylation sites (N-methyl/N-ethyl adjacent to an activating group) is 1. The monoisotopic (exact) mass is 401 g/mol. The van der Waals surface area contributed by atoms with Crippen LogP contribution in [0.25, 0.3) is 0 Å². The molecule has 29 heavy (non-hydrogen) atoms. The normalized spacial score (nSPS) is 53.1. The summed E-state index contributed by atoms with van der Waals surface area (Å²) >= 11 is 0. The molecule has 2 aliphatic heterocycles. The third-order valence-electron chi connectivity index (χ3n) is 10.2. The molecule has 0 spiro atoms. The number of fused-ring (bicyclic) bond motifs is 8. The van der Waals surface area contributed by atoms with Gasteiger partial charge in [0.15, 0.2) is 6.29 Å². The number of hydrogen-bond donors (Lipinski definition) is 1. The summed E-state index contributed by atoms with van der Waals surface area (Å²) in [7, 11) is 2.14. The Labute approximate surface area is 176 Å². The second-order valence-electron chi connectivity index (χ2n) is 11.5. The lowest BCUT2D eigenvalue weighted by Crippen LogP contribution is -2.77. The van der Waals surface area contributed by atoms with E-state index in [9.17, 15) is 0 Å². The first-order chi connectivity index (χ1) is 13.6. The summed E-state index contributed by atoms with van der Waals surface area (Å²) in [6.45, 7) is 17.1. The average Bonchev–Trinajstić information content (AvgIpc) is 3.07. The molecule has 5 aliphatic rings. The van der Waals surface area contributed by atoms with Crippen LogP contribution in [-0.2, 0) is 14.2 Å². The van der Waals surface area contributed by atoms with E-state index in [0.29, 0.717) is 12.0 Å². The minimum absolute atomic E-state index is 0.0203. The third kappa shape index (κ3) is 2.35.